The van der Waals surface area contributed by atoms with Gasteiger partial charge in [-0.1, -0.05) is 29.8 Å². The Morgan fingerprint density at radius 3 is 2.67 bits per heavy atom. The number of hydrogen-bond donors (Lipinski definition) is 2. The molecular formula is C28H20ClFN4O5S. The molecule has 2 heterocycles. The Bertz CT molecular complexity index is 1750. The molecule has 0 atom stereocenters. The lowest BCUT2D eigenvalue weighted by Crippen LogP contribution is -2.18. The van der Waals surface area contributed by atoms with Crippen LogP contribution in [0.5, 0.6) is 5.75 Å². The molecule has 0 saturated carbocycles. The number of fused-ring (bicyclic) bond motifs is 1. The maximum Gasteiger partial charge on any atom is 0.342 e. The number of carboxylic acid groups (broad SMARTS) is 1. The third kappa shape index (κ3) is 6.00. The number of aliphatic carboxylic acids is 1. The molecule has 40 heavy (non-hydrogen) atoms. The van der Waals surface area contributed by atoms with Crippen molar-refractivity contribution in [2.75, 3.05) is 12.4 Å². The number of amides is 1. The number of para-hydroxylation sites is 1. The van der Waals surface area contributed by atoms with Crippen molar-refractivity contribution in [3.63, 3.8) is 0 Å². The number of aromatic nitrogens is 3. The Hall–Kier alpha value is -4.61. The van der Waals surface area contributed by atoms with Gasteiger partial charge >= 0.3 is 5.97 Å². The lowest BCUT2D eigenvalue weighted by molar-refractivity contribution is -0.131. The van der Waals surface area contributed by atoms with E-state index in [-0.39, 0.29) is 28.5 Å². The van der Waals surface area contributed by atoms with Crippen molar-refractivity contribution >= 4 is 57.9 Å². The molecular weight excluding hydrogens is 559 g/mol. The molecule has 0 aliphatic heterocycles. The predicted molar refractivity (Wildman–Crippen MR) is 150 cm³/mol. The van der Waals surface area contributed by atoms with Crippen LogP contribution in [0.3, 0.4) is 0 Å². The van der Waals surface area contributed by atoms with Gasteiger partial charge in [0.25, 0.3) is 11.1 Å². The number of methoxy groups -OCH3 is 1. The second-order valence-corrected chi connectivity index (χ2v) is 9.85. The van der Waals surface area contributed by atoms with E-state index in [0.717, 1.165) is 22.7 Å². The number of ether oxygens (including phenoxy) is 1. The Kier molecular flexibility index (Phi) is 7.85. The average Bonchev–Trinajstić information content (AvgIpc) is 3.54. The molecule has 5 rings (SSSR count). The minimum atomic E-state index is -1.20. The first-order chi connectivity index (χ1) is 19.3. The summed E-state index contributed by atoms with van der Waals surface area (Å²) in [5, 5.41) is 21.8. The Labute approximate surface area is 236 Å². The number of anilines is 1. The van der Waals surface area contributed by atoms with Gasteiger partial charge in [0.15, 0.2) is 0 Å². The van der Waals surface area contributed by atoms with Crippen molar-refractivity contribution in [2.45, 2.75) is 11.8 Å². The summed E-state index contributed by atoms with van der Waals surface area (Å²) in [5.41, 5.74) is 2.23. The zero-order valence-corrected chi connectivity index (χ0v) is 22.4. The average molecular weight is 579 g/mol. The summed E-state index contributed by atoms with van der Waals surface area (Å²) in [6.07, 6.45) is 3.17. The molecule has 3 aromatic carbocycles. The van der Waals surface area contributed by atoms with Gasteiger partial charge < -0.3 is 24.1 Å². The minimum Gasteiger partial charge on any atom is -0.496 e. The van der Waals surface area contributed by atoms with Crippen LogP contribution in [-0.2, 0) is 16.1 Å². The molecule has 0 radical (unpaired) electrons. The van der Waals surface area contributed by atoms with E-state index in [0.29, 0.717) is 27.6 Å². The number of benzene rings is 3. The van der Waals surface area contributed by atoms with Crippen molar-refractivity contribution in [3.8, 4) is 17.2 Å². The van der Waals surface area contributed by atoms with Crippen molar-refractivity contribution in [2.24, 2.45) is 0 Å². The number of carboxylic acids is 1. The third-order valence-corrected chi connectivity index (χ3v) is 6.84. The molecule has 0 spiro atoms. The smallest absolute Gasteiger partial charge is 0.342 e. The molecule has 12 heteroatoms. The topological polar surface area (TPSA) is 119 Å². The summed E-state index contributed by atoms with van der Waals surface area (Å²) in [7, 11) is 1.49. The van der Waals surface area contributed by atoms with Crippen LogP contribution in [0.4, 0.5) is 10.1 Å². The Morgan fingerprint density at radius 1 is 1.15 bits per heavy atom. The van der Waals surface area contributed by atoms with Gasteiger partial charge in [-0.25, -0.2) is 9.18 Å². The lowest BCUT2D eigenvalue weighted by Gasteiger charge is -2.07. The number of rotatable bonds is 9. The zero-order chi connectivity index (χ0) is 28.2. The van der Waals surface area contributed by atoms with Crippen LogP contribution in [0.1, 0.15) is 5.56 Å². The van der Waals surface area contributed by atoms with Gasteiger partial charge in [-0.15, -0.1) is 10.2 Å². The van der Waals surface area contributed by atoms with Crippen LogP contribution in [0.15, 0.2) is 87.5 Å². The van der Waals surface area contributed by atoms with E-state index < -0.39 is 11.8 Å². The van der Waals surface area contributed by atoms with E-state index in [2.05, 4.69) is 15.5 Å². The summed E-state index contributed by atoms with van der Waals surface area (Å²) in [4.78, 5) is 24.8. The highest BCUT2D eigenvalue weighted by molar-refractivity contribution is 8.03. The van der Waals surface area contributed by atoms with Crippen LogP contribution in [0.2, 0.25) is 5.02 Å². The molecule has 0 aliphatic rings. The predicted octanol–water partition coefficient (Wildman–Crippen LogP) is 6.35. The van der Waals surface area contributed by atoms with E-state index >= 15 is 0 Å². The van der Waals surface area contributed by atoms with E-state index in [4.69, 9.17) is 20.8 Å². The number of nitrogens with zero attached hydrogens (tertiary/aromatic N) is 3. The van der Waals surface area contributed by atoms with Gasteiger partial charge in [0, 0.05) is 33.4 Å². The number of carbonyl (C=O) groups is 2. The van der Waals surface area contributed by atoms with Gasteiger partial charge in [-0.05, 0) is 66.4 Å². The van der Waals surface area contributed by atoms with E-state index in [1.54, 1.807) is 29.0 Å². The highest BCUT2D eigenvalue weighted by atomic mass is 35.5. The van der Waals surface area contributed by atoms with Crippen molar-refractivity contribution in [1.29, 1.82) is 0 Å². The summed E-state index contributed by atoms with van der Waals surface area (Å²) >= 11 is 6.88. The minimum absolute atomic E-state index is 0.00749. The van der Waals surface area contributed by atoms with Crippen LogP contribution >= 0.6 is 23.4 Å². The van der Waals surface area contributed by atoms with Crippen LogP contribution < -0.4 is 10.1 Å². The first-order valence-electron chi connectivity index (χ1n) is 11.7. The summed E-state index contributed by atoms with van der Waals surface area (Å²) in [5.74, 6) is -1.34. The standard InChI is InChI=1S/C28H20ClFN4O5S/c1-38-23-11-6-17(29)13-21(23)26-32-33-28(39-26)40-24(27(36)37)12-16-14-34(22-5-3-2-4-20(16)22)15-25(35)31-19-9-7-18(30)8-10-19/h2-14H,15H2,1H3,(H,31,35)(H,36,37)/b24-12-. The molecule has 5 aromatic rings. The number of hydrogen-bond acceptors (Lipinski definition) is 7. The Balaban J connectivity index is 1.41. The number of halogens is 2. The van der Waals surface area contributed by atoms with Crippen molar-refractivity contribution in [1.82, 2.24) is 14.8 Å². The fraction of sp³-hybridized carbons (Fsp3) is 0.0714. The molecule has 202 valence electrons. The molecule has 0 saturated heterocycles. The van der Waals surface area contributed by atoms with Crippen molar-refractivity contribution in [3.05, 3.63) is 94.2 Å². The molecule has 0 bridgehead atoms. The lowest BCUT2D eigenvalue weighted by atomic mass is 10.1. The first-order valence-corrected chi connectivity index (χ1v) is 12.9. The molecule has 2 aromatic heterocycles. The maximum absolute atomic E-state index is 13.2. The number of thioether (sulfide) groups is 1. The molecule has 0 aliphatic carbocycles. The van der Waals surface area contributed by atoms with E-state index in [1.165, 1.54) is 37.5 Å². The fourth-order valence-corrected chi connectivity index (χ4v) is 4.82. The molecule has 0 unspecified atom stereocenters. The number of nitrogens with one attached hydrogen (secondary N) is 1. The zero-order valence-electron chi connectivity index (χ0n) is 20.8. The van der Waals surface area contributed by atoms with Gasteiger partial charge in [0.05, 0.1) is 12.7 Å². The second kappa shape index (κ2) is 11.6. The Morgan fingerprint density at radius 2 is 1.93 bits per heavy atom. The fourth-order valence-electron chi connectivity index (χ4n) is 3.99. The van der Waals surface area contributed by atoms with Crippen LogP contribution in [-0.4, -0.2) is 38.9 Å². The van der Waals surface area contributed by atoms with E-state index in [9.17, 15) is 19.1 Å². The largest absolute Gasteiger partial charge is 0.496 e. The molecule has 0 fully saturated rings. The third-order valence-electron chi connectivity index (χ3n) is 5.75. The van der Waals surface area contributed by atoms with Crippen LogP contribution in [0, 0.1) is 5.82 Å². The molecule has 1 amide bonds. The monoisotopic (exact) mass is 578 g/mol. The summed E-state index contributed by atoms with van der Waals surface area (Å²) in [6.45, 7) is -0.0459. The quantitative estimate of drug-likeness (QED) is 0.153. The van der Waals surface area contributed by atoms with Gasteiger partial charge in [0.2, 0.25) is 5.91 Å². The maximum atomic E-state index is 13.2. The molecule has 2 N–H and O–H groups in total. The van der Waals surface area contributed by atoms with E-state index in [1.807, 2.05) is 24.3 Å². The van der Waals surface area contributed by atoms with Gasteiger partial charge in [0.1, 0.15) is 23.0 Å². The first kappa shape index (κ1) is 27.0. The van der Waals surface area contributed by atoms with Crippen molar-refractivity contribution < 1.29 is 28.2 Å². The van der Waals surface area contributed by atoms with Crippen LogP contribution in [0.25, 0.3) is 28.4 Å². The van der Waals surface area contributed by atoms with Gasteiger partial charge in [-0.2, -0.15) is 0 Å². The van der Waals surface area contributed by atoms with Gasteiger partial charge in [-0.3, -0.25) is 4.79 Å². The summed E-state index contributed by atoms with van der Waals surface area (Å²) < 4.78 is 25.9. The SMILES string of the molecule is COc1ccc(Cl)cc1-c1nnc(S/C(=C\c2cn(CC(=O)Nc3ccc(F)cc3)c3ccccc23)C(=O)O)o1. The number of carbonyl (C=O) groups excluding carboxylic acids is 1. The highest BCUT2D eigenvalue weighted by Crippen LogP contribution is 2.35. The molecule has 9 nitrogen and oxygen atoms in total. The second-order valence-electron chi connectivity index (χ2n) is 8.42. The normalized spacial score (nSPS) is 11.5. The highest BCUT2D eigenvalue weighted by Gasteiger charge is 2.19. The summed E-state index contributed by atoms with van der Waals surface area (Å²) in [6, 6.07) is 17.7.